The highest BCUT2D eigenvalue weighted by molar-refractivity contribution is 6.25. The first-order valence-electron chi connectivity index (χ1n) is 23.2. The van der Waals surface area contributed by atoms with E-state index >= 15 is 0 Å². The number of benzene rings is 8. The van der Waals surface area contributed by atoms with Gasteiger partial charge in [0.25, 0.3) is 0 Å². The SMILES string of the molecule is [2H]c1c([2H])c([2H])c(-c2c3c([2H])c([2H])c([2H])c([2H])c3c(-c3c(-c4c([2H])c([2H])c([2H])c(-c5ccccc5)c4[2H])oc4ccc(-c5ccccc5)cc34)c3c([2H])c([2H])c([2H])c([2H])c23)c([2H])c1[2H]. The molecule has 9 rings (SSSR count). The summed E-state index contributed by atoms with van der Waals surface area (Å²) in [6, 6.07) is 10.5. The Bertz CT molecular complexity index is 3400. The third-order valence-electron chi connectivity index (χ3n) is 8.08. The lowest BCUT2D eigenvalue weighted by molar-refractivity contribution is 0.632. The summed E-state index contributed by atoms with van der Waals surface area (Å²) >= 11 is 0. The molecule has 0 radical (unpaired) electrons. The minimum atomic E-state index is -0.802. The molecule has 0 aliphatic rings. The molecule has 220 valence electrons. The van der Waals surface area contributed by atoms with Crippen molar-refractivity contribution < 1.29 is 27.7 Å². The second kappa shape index (κ2) is 11.3. The first kappa shape index (κ1) is 14.9. The largest absolute Gasteiger partial charge is 0.455 e. The number of hydrogen-bond donors (Lipinski definition) is 0. The fraction of sp³-hybridized carbons (Fsp3) is 0. The summed E-state index contributed by atoms with van der Waals surface area (Å²) in [7, 11) is 0. The zero-order valence-corrected chi connectivity index (χ0v) is 24.4. The van der Waals surface area contributed by atoms with E-state index in [0.717, 1.165) is 5.56 Å². The molecule has 0 aliphatic carbocycles. The van der Waals surface area contributed by atoms with E-state index in [1.165, 1.54) is 0 Å². The van der Waals surface area contributed by atoms with Gasteiger partial charge in [0, 0.05) is 22.1 Å². The van der Waals surface area contributed by atoms with Crippen LogP contribution in [0.15, 0.2) is 186 Å². The minimum Gasteiger partial charge on any atom is -0.455 e. The molecule has 0 bridgehead atoms. The van der Waals surface area contributed by atoms with Gasteiger partial charge in [0.15, 0.2) is 0 Å². The van der Waals surface area contributed by atoms with Crippen LogP contribution < -0.4 is 0 Å². The fourth-order valence-corrected chi connectivity index (χ4v) is 6.04. The summed E-state index contributed by atoms with van der Waals surface area (Å²) in [6.07, 6.45) is 0. The van der Waals surface area contributed by atoms with Crippen LogP contribution in [-0.4, -0.2) is 0 Å². The van der Waals surface area contributed by atoms with Gasteiger partial charge in [-0.2, -0.15) is 0 Å². The smallest absolute Gasteiger partial charge is 0.143 e. The Morgan fingerprint density at radius 3 is 1.53 bits per heavy atom. The Labute approximate surface area is 297 Å². The lowest BCUT2D eigenvalue weighted by Crippen LogP contribution is -1.91. The molecule has 1 aromatic heterocycles. The Morgan fingerprint density at radius 2 is 0.894 bits per heavy atom. The van der Waals surface area contributed by atoms with Crippen LogP contribution in [0.3, 0.4) is 0 Å². The van der Waals surface area contributed by atoms with Gasteiger partial charge in [-0.3, -0.25) is 0 Å². The maximum absolute atomic E-state index is 9.64. The van der Waals surface area contributed by atoms with Gasteiger partial charge in [0.2, 0.25) is 0 Å². The third-order valence-corrected chi connectivity index (χ3v) is 8.08. The molecule has 47 heavy (non-hydrogen) atoms. The molecule has 0 fully saturated rings. The van der Waals surface area contributed by atoms with Crippen molar-refractivity contribution in [1.29, 1.82) is 0 Å². The van der Waals surface area contributed by atoms with E-state index in [0.29, 0.717) is 11.1 Å². The minimum absolute atomic E-state index is 0.0249. The molecule has 0 saturated heterocycles. The van der Waals surface area contributed by atoms with Crippen LogP contribution in [0.25, 0.3) is 88.3 Å². The van der Waals surface area contributed by atoms with Crippen molar-refractivity contribution >= 4 is 32.5 Å². The molecule has 0 amide bonds. The Balaban J connectivity index is 1.63. The molecule has 1 nitrogen and oxygen atoms in total. The van der Waals surface area contributed by atoms with Crippen molar-refractivity contribution in [3.05, 3.63) is 182 Å². The van der Waals surface area contributed by atoms with E-state index in [2.05, 4.69) is 0 Å². The molecule has 0 aliphatic heterocycles. The molecule has 0 spiro atoms. The lowest BCUT2D eigenvalue weighted by Gasteiger charge is -2.18. The van der Waals surface area contributed by atoms with Crippen LogP contribution >= 0.6 is 0 Å². The highest BCUT2D eigenvalue weighted by atomic mass is 16.3. The van der Waals surface area contributed by atoms with Crippen LogP contribution in [0.4, 0.5) is 0 Å². The summed E-state index contributed by atoms with van der Waals surface area (Å²) in [5, 5.41) is -1.45. The van der Waals surface area contributed by atoms with Gasteiger partial charge in [0.1, 0.15) is 11.3 Å². The van der Waals surface area contributed by atoms with Crippen molar-refractivity contribution in [1.82, 2.24) is 0 Å². The van der Waals surface area contributed by atoms with Gasteiger partial charge < -0.3 is 4.42 Å². The number of fused-ring (bicyclic) bond motifs is 3. The average molecular weight is 616 g/mol. The van der Waals surface area contributed by atoms with Gasteiger partial charge in [-0.15, -0.1) is 0 Å². The quantitative estimate of drug-likeness (QED) is 0.176. The monoisotopic (exact) mass is 615 g/mol. The summed E-state index contributed by atoms with van der Waals surface area (Å²) in [4.78, 5) is 0. The van der Waals surface area contributed by atoms with Crippen LogP contribution in [0.1, 0.15) is 23.3 Å². The topological polar surface area (TPSA) is 13.1 Å². The zero-order valence-electron chi connectivity index (χ0n) is 41.4. The first-order chi connectivity index (χ1) is 30.4. The predicted molar refractivity (Wildman–Crippen MR) is 198 cm³/mol. The molecular weight excluding hydrogens is 569 g/mol. The van der Waals surface area contributed by atoms with Crippen molar-refractivity contribution in [2.45, 2.75) is 0 Å². The number of furan rings is 1. The summed E-state index contributed by atoms with van der Waals surface area (Å²) in [5.41, 5.74) is 0.100. The summed E-state index contributed by atoms with van der Waals surface area (Å²) < 4.78 is 161. The standard InChI is InChI=1S/C46H30O/c1-4-15-31(16-5-1)34-21-14-22-36(29-34)46-45(41-30-35(27-28-42(41)47-46)32-17-6-2-7-18-32)44-39-25-12-10-23-37(39)43(33-19-8-3-9-20-33)38-24-11-13-26-40(38)44/h1-30H/i3D,8D,9D,10D,11D,12D,13D,14D,19D,20D,21D,22D,23D,24D,25D,26D,29D. The third kappa shape index (κ3) is 4.64. The Hall–Kier alpha value is -6.18. The maximum Gasteiger partial charge on any atom is 0.143 e. The highest BCUT2D eigenvalue weighted by Crippen LogP contribution is 2.50. The molecule has 0 atom stereocenters. The molecule has 8 aromatic carbocycles. The normalized spacial score (nSPS) is 16.5. The van der Waals surface area contributed by atoms with Gasteiger partial charge in [-0.05, 0) is 73.1 Å². The van der Waals surface area contributed by atoms with E-state index in [4.69, 9.17) is 19.5 Å². The van der Waals surface area contributed by atoms with Crippen LogP contribution in [0.2, 0.25) is 0 Å². The molecule has 1 heteroatoms. The van der Waals surface area contributed by atoms with Gasteiger partial charge in [-0.25, -0.2) is 0 Å². The predicted octanol–water partition coefficient (Wildman–Crippen LogP) is 13.1. The molecule has 1 heterocycles. The molecule has 0 saturated carbocycles. The second-order valence-corrected chi connectivity index (χ2v) is 10.7. The number of hydrogen-bond acceptors (Lipinski definition) is 1. The Kier molecular flexibility index (Phi) is 3.60. The maximum atomic E-state index is 9.64. The van der Waals surface area contributed by atoms with E-state index in [1.54, 1.807) is 48.5 Å². The van der Waals surface area contributed by atoms with Crippen LogP contribution in [-0.2, 0) is 0 Å². The van der Waals surface area contributed by atoms with Crippen molar-refractivity contribution in [3.8, 4) is 55.8 Å². The van der Waals surface area contributed by atoms with Crippen molar-refractivity contribution in [2.75, 3.05) is 0 Å². The van der Waals surface area contributed by atoms with E-state index in [9.17, 15) is 8.22 Å². The first-order valence-corrected chi connectivity index (χ1v) is 14.7. The second-order valence-electron chi connectivity index (χ2n) is 10.7. The molecule has 9 aromatic rings. The molecular formula is C46H30O. The zero-order chi connectivity index (χ0) is 46.0. The number of rotatable bonds is 5. The summed E-state index contributed by atoms with van der Waals surface area (Å²) in [6.45, 7) is 0. The molecule has 0 unspecified atom stereocenters. The average Bonchev–Trinajstić information content (AvgIpc) is 3.67. The lowest BCUT2D eigenvalue weighted by atomic mass is 9.84. The fourth-order valence-electron chi connectivity index (χ4n) is 6.04. The van der Waals surface area contributed by atoms with Crippen LogP contribution in [0.5, 0.6) is 0 Å². The van der Waals surface area contributed by atoms with E-state index in [-0.39, 0.29) is 49.8 Å². The summed E-state index contributed by atoms with van der Waals surface area (Å²) in [5.74, 6) is -0.293. The molecule has 0 N–H and O–H groups in total. The van der Waals surface area contributed by atoms with Crippen molar-refractivity contribution in [3.63, 3.8) is 0 Å². The van der Waals surface area contributed by atoms with Gasteiger partial charge in [0.05, 0.1) is 23.3 Å². The van der Waals surface area contributed by atoms with Gasteiger partial charge >= 0.3 is 0 Å². The van der Waals surface area contributed by atoms with E-state index in [1.807, 2.05) is 30.3 Å². The van der Waals surface area contributed by atoms with Crippen LogP contribution in [0, 0.1) is 0 Å². The Morgan fingerprint density at radius 1 is 0.362 bits per heavy atom. The highest BCUT2D eigenvalue weighted by Gasteiger charge is 2.24. The van der Waals surface area contributed by atoms with Gasteiger partial charge in [-0.1, -0.05) is 163 Å². The van der Waals surface area contributed by atoms with E-state index < -0.39 is 125 Å². The van der Waals surface area contributed by atoms with Crippen molar-refractivity contribution in [2.24, 2.45) is 0 Å².